The van der Waals surface area contributed by atoms with Crippen molar-refractivity contribution in [1.82, 2.24) is 10.6 Å². The molecule has 6 heteroatoms. The summed E-state index contributed by atoms with van der Waals surface area (Å²) in [5, 5.41) is 14.2. The molecule has 6 nitrogen and oxygen atoms in total. The molecule has 2 amide bonds. The molecule has 3 atom stereocenters. The first-order valence-electron chi connectivity index (χ1n) is 6.72. The zero-order valence-electron chi connectivity index (χ0n) is 11.4. The van der Waals surface area contributed by atoms with Crippen molar-refractivity contribution >= 4 is 17.8 Å². The maximum Gasteiger partial charge on any atom is 0.306 e. The second-order valence-corrected chi connectivity index (χ2v) is 5.24. The maximum absolute atomic E-state index is 11.8. The van der Waals surface area contributed by atoms with Crippen LogP contribution >= 0.6 is 0 Å². The summed E-state index contributed by atoms with van der Waals surface area (Å²) in [6.07, 6.45) is 3.06. The smallest absolute Gasteiger partial charge is 0.306 e. The number of hydrogen-bond donors (Lipinski definition) is 3. The molecule has 1 saturated heterocycles. The van der Waals surface area contributed by atoms with Gasteiger partial charge in [0.1, 0.15) is 6.04 Å². The van der Waals surface area contributed by atoms with E-state index in [1.54, 1.807) is 6.92 Å². The number of carboxylic acid groups (broad SMARTS) is 1. The van der Waals surface area contributed by atoms with Gasteiger partial charge in [0.05, 0.1) is 5.92 Å². The molecular formula is C13H22N2O4. The number of amides is 2. The minimum atomic E-state index is -0.787. The van der Waals surface area contributed by atoms with Crippen molar-refractivity contribution in [3.8, 4) is 0 Å². The highest BCUT2D eigenvalue weighted by Gasteiger charge is 2.27. The molecule has 19 heavy (non-hydrogen) atoms. The van der Waals surface area contributed by atoms with Crippen LogP contribution < -0.4 is 10.6 Å². The Kier molecular flexibility index (Phi) is 5.79. The van der Waals surface area contributed by atoms with Crippen LogP contribution in [0.1, 0.15) is 46.0 Å². The largest absolute Gasteiger partial charge is 0.481 e. The fourth-order valence-corrected chi connectivity index (χ4v) is 2.08. The van der Waals surface area contributed by atoms with E-state index >= 15 is 0 Å². The Balaban J connectivity index is 2.20. The molecule has 1 rings (SSSR count). The van der Waals surface area contributed by atoms with Crippen LogP contribution in [-0.4, -0.2) is 35.0 Å². The van der Waals surface area contributed by atoms with E-state index in [-0.39, 0.29) is 23.8 Å². The highest BCUT2D eigenvalue weighted by Crippen LogP contribution is 2.11. The molecule has 0 aromatic rings. The van der Waals surface area contributed by atoms with Crippen molar-refractivity contribution in [2.45, 2.75) is 58.0 Å². The van der Waals surface area contributed by atoms with Gasteiger partial charge in [0.25, 0.3) is 0 Å². The number of rotatable bonds is 7. The van der Waals surface area contributed by atoms with Gasteiger partial charge >= 0.3 is 5.97 Å². The SMILES string of the molecule is CC(CCCC(C)C(=O)O)NC(=O)[C@H]1CCC(=O)N1. The molecule has 0 radical (unpaired) electrons. The summed E-state index contributed by atoms with van der Waals surface area (Å²) in [7, 11) is 0. The topological polar surface area (TPSA) is 95.5 Å². The summed E-state index contributed by atoms with van der Waals surface area (Å²) in [4.78, 5) is 33.4. The van der Waals surface area contributed by atoms with Gasteiger partial charge < -0.3 is 15.7 Å². The van der Waals surface area contributed by atoms with Crippen molar-refractivity contribution in [2.24, 2.45) is 5.92 Å². The Bertz CT molecular complexity index is 357. The standard InChI is InChI=1S/C13H22N2O4/c1-8(13(18)19)4-3-5-9(2)14-12(17)10-6-7-11(16)15-10/h8-10H,3-7H2,1-2H3,(H,14,17)(H,15,16)(H,18,19)/t8?,9?,10-/m1/s1. The molecule has 3 N–H and O–H groups in total. The third-order valence-electron chi connectivity index (χ3n) is 3.40. The van der Waals surface area contributed by atoms with Crippen LogP contribution in [0.15, 0.2) is 0 Å². The van der Waals surface area contributed by atoms with Gasteiger partial charge in [0.15, 0.2) is 0 Å². The molecule has 1 fully saturated rings. The molecule has 0 aromatic carbocycles. The van der Waals surface area contributed by atoms with E-state index in [9.17, 15) is 14.4 Å². The van der Waals surface area contributed by atoms with Crippen LogP contribution in [0.2, 0.25) is 0 Å². The zero-order chi connectivity index (χ0) is 14.4. The number of nitrogens with one attached hydrogen (secondary N) is 2. The Hall–Kier alpha value is -1.59. The lowest BCUT2D eigenvalue weighted by Gasteiger charge is -2.17. The molecule has 0 saturated carbocycles. The Morgan fingerprint density at radius 3 is 2.63 bits per heavy atom. The quantitative estimate of drug-likeness (QED) is 0.633. The van der Waals surface area contributed by atoms with Gasteiger partial charge in [-0.25, -0.2) is 0 Å². The third-order valence-corrected chi connectivity index (χ3v) is 3.40. The maximum atomic E-state index is 11.8. The summed E-state index contributed by atoms with van der Waals surface area (Å²) in [5.74, 6) is -1.37. The zero-order valence-corrected chi connectivity index (χ0v) is 11.4. The molecular weight excluding hydrogens is 248 g/mol. The van der Waals surface area contributed by atoms with Gasteiger partial charge in [-0.1, -0.05) is 13.3 Å². The average Bonchev–Trinajstić information content (AvgIpc) is 2.75. The first-order chi connectivity index (χ1) is 8.90. The predicted octanol–water partition coefficient (Wildman–Crippen LogP) is 0.661. The fourth-order valence-electron chi connectivity index (χ4n) is 2.08. The second-order valence-electron chi connectivity index (χ2n) is 5.24. The molecule has 0 aliphatic carbocycles. The van der Waals surface area contributed by atoms with Crippen LogP contribution in [0.5, 0.6) is 0 Å². The van der Waals surface area contributed by atoms with Crippen molar-refractivity contribution < 1.29 is 19.5 Å². The molecule has 1 aliphatic rings. The summed E-state index contributed by atoms with van der Waals surface area (Å²) in [6.45, 7) is 3.57. The minimum absolute atomic E-state index is 0.00834. The van der Waals surface area contributed by atoms with Crippen LogP contribution in [0.4, 0.5) is 0 Å². The molecule has 0 spiro atoms. The van der Waals surface area contributed by atoms with Crippen molar-refractivity contribution in [1.29, 1.82) is 0 Å². The van der Waals surface area contributed by atoms with Crippen LogP contribution in [0.3, 0.4) is 0 Å². The number of carbonyl (C=O) groups excluding carboxylic acids is 2. The van der Waals surface area contributed by atoms with Crippen LogP contribution in [0, 0.1) is 5.92 Å². The van der Waals surface area contributed by atoms with Gasteiger partial charge in [-0.2, -0.15) is 0 Å². The summed E-state index contributed by atoms with van der Waals surface area (Å²) >= 11 is 0. The van der Waals surface area contributed by atoms with Gasteiger partial charge in [-0.15, -0.1) is 0 Å². The van der Waals surface area contributed by atoms with E-state index in [4.69, 9.17) is 5.11 Å². The molecule has 0 bridgehead atoms. The Morgan fingerprint density at radius 2 is 2.11 bits per heavy atom. The number of carbonyl (C=O) groups is 3. The normalized spacial score (nSPS) is 21.6. The highest BCUT2D eigenvalue weighted by molar-refractivity contribution is 5.90. The van der Waals surface area contributed by atoms with Gasteiger partial charge in [-0.05, 0) is 26.2 Å². The van der Waals surface area contributed by atoms with Crippen molar-refractivity contribution in [2.75, 3.05) is 0 Å². The van der Waals surface area contributed by atoms with E-state index < -0.39 is 12.0 Å². The van der Waals surface area contributed by atoms with E-state index in [0.717, 1.165) is 12.8 Å². The highest BCUT2D eigenvalue weighted by atomic mass is 16.4. The average molecular weight is 270 g/mol. The predicted molar refractivity (Wildman–Crippen MR) is 69.4 cm³/mol. The first-order valence-corrected chi connectivity index (χ1v) is 6.72. The van der Waals surface area contributed by atoms with E-state index in [1.807, 2.05) is 6.92 Å². The monoisotopic (exact) mass is 270 g/mol. The molecule has 0 aromatic heterocycles. The minimum Gasteiger partial charge on any atom is -0.481 e. The Labute approximate surface area is 112 Å². The molecule has 2 unspecified atom stereocenters. The molecule has 1 aliphatic heterocycles. The first kappa shape index (κ1) is 15.5. The third kappa shape index (κ3) is 5.28. The number of hydrogen-bond acceptors (Lipinski definition) is 3. The van der Waals surface area contributed by atoms with E-state index in [2.05, 4.69) is 10.6 Å². The van der Waals surface area contributed by atoms with Gasteiger partial charge in [-0.3, -0.25) is 14.4 Å². The number of aliphatic carboxylic acids is 1. The number of carboxylic acids is 1. The van der Waals surface area contributed by atoms with Gasteiger partial charge in [0, 0.05) is 12.5 Å². The molecule has 1 heterocycles. The van der Waals surface area contributed by atoms with Crippen LogP contribution in [-0.2, 0) is 14.4 Å². The van der Waals surface area contributed by atoms with Gasteiger partial charge in [0.2, 0.25) is 11.8 Å². The lowest BCUT2D eigenvalue weighted by Crippen LogP contribution is -2.45. The summed E-state index contributed by atoms with van der Waals surface area (Å²) in [5.41, 5.74) is 0. The second kappa shape index (κ2) is 7.11. The van der Waals surface area contributed by atoms with E-state index in [0.29, 0.717) is 19.3 Å². The molecule has 108 valence electrons. The van der Waals surface area contributed by atoms with Crippen molar-refractivity contribution in [3.63, 3.8) is 0 Å². The van der Waals surface area contributed by atoms with Crippen LogP contribution in [0.25, 0.3) is 0 Å². The Morgan fingerprint density at radius 1 is 1.42 bits per heavy atom. The van der Waals surface area contributed by atoms with Crippen molar-refractivity contribution in [3.05, 3.63) is 0 Å². The lowest BCUT2D eigenvalue weighted by atomic mass is 10.0. The summed E-state index contributed by atoms with van der Waals surface area (Å²) in [6, 6.07) is -0.418. The lowest BCUT2D eigenvalue weighted by molar-refractivity contribution is -0.141. The summed E-state index contributed by atoms with van der Waals surface area (Å²) < 4.78 is 0. The fraction of sp³-hybridized carbons (Fsp3) is 0.769. The van der Waals surface area contributed by atoms with E-state index in [1.165, 1.54) is 0 Å².